The topological polar surface area (TPSA) is 45.5 Å². The molecule has 1 aliphatic rings. The van der Waals surface area contributed by atoms with Crippen molar-refractivity contribution >= 4 is 17.5 Å². The first-order valence-corrected chi connectivity index (χ1v) is 8.83. The Morgan fingerprint density at radius 3 is 2.62 bits per heavy atom. The monoisotopic (exact) mass is 346 g/mol. The average molecular weight is 347 g/mol. The molecule has 1 fully saturated rings. The summed E-state index contributed by atoms with van der Waals surface area (Å²) in [6.45, 7) is 3.75. The van der Waals surface area contributed by atoms with E-state index in [0.29, 0.717) is 17.4 Å². The Morgan fingerprint density at radius 2 is 1.96 bits per heavy atom. The zero-order valence-corrected chi connectivity index (χ0v) is 14.5. The molecule has 2 aromatic rings. The van der Waals surface area contributed by atoms with Gasteiger partial charge in [-0.1, -0.05) is 23.7 Å². The summed E-state index contributed by atoms with van der Waals surface area (Å²) >= 11 is 5.86. The summed E-state index contributed by atoms with van der Waals surface area (Å²) in [7, 11) is 0. The number of nitrogens with zero attached hydrogens (tertiary/aromatic N) is 1. The number of furan rings is 1. The van der Waals surface area contributed by atoms with Crippen molar-refractivity contribution in [3.8, 4) is 0 Å². The lowest BCUT2D eigenvalue weighted by Crippen LogP contribution is -2.38. The highest BCUT2D eigenvalue weighted by atomic mass is 35.5. The second kappa shape index (κ2) is 8.36. The molecule has 1 aromatic heterocycles. The Balaban J connectivity index is 1.35. The Kier molecular flexibility index (Phi) is 5.94. The third kappa shape index (κ3) is 5.11. The van der Waals surface area contributed by atoms with Gasteiger partial charge in [-0.3, -0.25) is 9.69 Å². The zero-order chi connectivity index (χ0) is 16.8. The molecule has 128 valence electrons. The third-order valence-corrected chi connectivity index (χ3v) is 4.78. The van der Waals surface area contributed by atoms with Crippen LogP contribution in [0.5, 0.6) is 0 Å². The van der Waals surface area contributed by atoms with Gasteiger partial charge in [0.25, 0.3) is 0 Å². The van der Waals surface area contributed by atoms with E-state index < -0.39 is 0 Å². The molecule has 2 heterocycles. The summed E-state index contributed by atoms with van der Waals surface area (Å²) in [4.78, 5) is 14.5. The first-order chi connectivity index (χ1) is 11.7. The van der Waals surface area contributed by atoms with Gasteiger partial charge in [0, 0.05) is 11.6 Å². The maximum atomic E-state index is 12.0. The molecule has 0 radical (unpaired) electrons. The van der Waals surface area contributed by atoms with Crippen molar-refractivity contribution in [2.45, 2.75) is 25.8 Å². The van der Waals surface area contributed by atoms with Gasteiger partial charge in [-0.25, -0.2) is 0 Å². The molecule has 0 aliphatic carbocycles. The smallest absolute Gasteiger partial charge is 0.224 e. The number of piperidine rings is 1. The van der Waals surface area contributed by atoms with Gasteiger partial charge in [0.15, 0.2) is 0 Å². The second-order valence-electron chi connectivity index (χ2n) is 6.41. The molecule has 24 heavy (non-hydrogen) atoms. The molecular formula is C19H23ClN2O2. The van der Waals surface area contributed by atoms with Crippen LogP contribution < -0.4 is 5.32 Å². The van der Waals surface area contributed by atoms with Crippen molar-refractivity contribution in [3.63, 3.8) is 0 Å². The number of benzene rings is 1. The minimum absolute atomic E-state index is 0.0790. The number of nitrogens with one attached hydrogen (secondary N) is 1. The van der Waals surface area contributed by atoms with Crippen LogP contribution in [0.3, 0.4) is 0 Å². The average Bonchev–Trinajstić information content (AvgIpc) is 3.09. The van der Waals surface area contributed by atoms with Crippen LogP contribution in [-0.2, 0) is 17.8 Å². The summed E-state index contributed by atoms with van der Waals surface area (Å²) in [5, 5.41) is 3.76. The van der Waals surface area contributed by atoms with Gasteiger partial charge in [0.1, 0.15) is 5.76 Å². The van der Waals surface area contributed by atoms with Gasteiger partial charge in [-0.15, -0.1) is 0 Å². The minimum atomic E-state index is 0.0790. The van der Waals surface area contributed by atoms with E-state index in [4.69, 9.17) is 16.0 Å². The predicted octanol–water partition coefficient (Wildman–Crippen LogP) is 3.50. The number of carbonyl (C=O) groups is 1. The van der Waals surface area contributed by atoms with E-state index in [-0.39, 0.29) is 5.91 Å². The van der Waals surface area contributed by atoms with E-state index in [1.807, 2.05) is 36.4 Å². The lowest BCUT2D eigenvalue weighted by Gasteiger charge is -2.31. The second-order valence-corrected chi connectivity index (χ2v) is 6.84. The largest absolute Gasteiger partial charge is 0.468 e. The zero-order valence-electron chi connectivity index (χ0n) is 13.7. The maximum Gasteiger partial charge on any atom is 0.224 e. The summed E-state index contributed by atoms with van der Waals surface area (Å²) in [5.74, 6) is 1.66. The summed E-state index contributed by atoms with van der Waals surface area (Å²) in [6.07, 6.45) is 4.36. The molecule has 0 atom stereocenters. The van der Waals surface area contributed by atoms with Crippen LogP contribution in [0.4, 0.5) is 0 Å². The number of likely N-dealkylation sites (tertiary alicyclic amines) is 1. The van der Waals surface area contributed by atoms with Gasteiger partial charge in [0.2, 0.25) is 5.91 Å². The fraction of sp³-hybridized carbons (Fsp3) is 0.421. The van der Waals surface area contributed by atoms with Crippen molar-refractivity contribution in [1.82, 2.24) is 10.2 Å². The van der Waals surface area contributed by atoms with Crippen LogP contribution in [0, 0.1) is 5.92 Å². The number of halogens is 1. The molecule has 4 nitrogen and oxygen atoms in total. The molecule has 0 spiro atoms. The van der Waals surface area contributed by atoms with Crippen LogP contribution in [-0.4, -0.2) is 30.4 Å². The van der Waals surface area contributed by atoms with Crippen LogP contribution >= 0.6 is 11.6 Å². The van der Waals surface area contributed by atoms with Crippen molar-refractivity contribution in [2.24, 2.45) is 5.92 Å². The Labute approximate surface area is 147 Å². The minimum Gasteiger partial charge on any atom is -0.468 e. The molecular weight excluding hydrogens is 324 g/mol. The molecule has 0 saturated carbocycles. The van der Waals surface area contributed by atoms with Crippen LogP contribution in [0.2, 0.25) is 5.02 Å². The van der Waals surface area contributed by atoms with E-state index >= 15 is 0 Å². The molecule has 1 saturated heterocycles. The quantitative estimate of drug-likeness (QED) is 0.870. The molecule has 5 heteroatoms. The predicted molar refractivity (Wildman–Crippen MR) is 94.9 cm³/mol. The van der Waals surface area contributed by atoms with Gasteiger partial charge < -0.3 is 9.73 Å². The fourth-order valence-electron chi connectivity index (χ4n) is 3.08. The molecule has 0 unspecified atom stereocenters. The first-order valence-electron chi connectivity index (χ1n) is 8.45. The molecule has 1 aromatic carbocycles. The van der Waals surface area contributed by atoms with Gasteiger partial charge in [-0.05, 0) is 61.7 Å². The molecule has 1 amide bonds. The van der Waals surface area contributed by atoms with E-state index in [0.717, 1.165) is 50.3 Å². The Bertz CT molecular complexity index is 632. The standard InChI is InChI=1S/C19H23ClN2O2/c20-17-5-3-15(4-6-17)12-19(23)21-13-16-7-9-22(10-8-16)14-18-2-1-11-24-18/h1-6,11,16H,7-10,12-14H2,(H,21,23). The van der Waals surface area contributed by atoms with Crippen molar-refractivity contribution in [3.05, 3.63) is 59.0 Å². The molecule has 3 rings (SSSR count). The van der Waals surface area contributed by atoms with Gasteiger partial charge in [0.05, 0.1) is 19.2 Å². The highest BCUT2D eigenvalue weighted by Gasteiger charge is 2.20. The Hall–Kier alpha value is -1.78. The SMILES string of the molecule is O=C(Cc1ccc(Cl)cc1)NCC1CCN(Cc2ccco2)CC1. The van der Waals surface area contributed by atoms with Crippen molar-refractivity contribution in [1.29, 1.82) is 0 Å². The maximum absolute atomic E-state index is 12.0. The van der Waals surface area contributed by atoms with Gasteiger partial charge >= 0.3 is 0 Å². The fourth-order valence-corrected chi connectivity index (χ4v) is 3.21. The summed E-state index contributed by atoms with van der Waals surface area (Å²) < 4.78 is 5.40. The number of carbonyl (C=O) groups excluding carboxylic acids is 1. The third-order valence-electron chi connectivity index (χ3n) is 4.53. The summed E-state index contributed by atoms with van der Waals surface area (Å²) in [5.41, 5.74) is 0.991. The normalized spacial score (nSPS) is 16.2. The van der Waals surface area contributed by atoms with E-state index in [1.165, 1.54) is 0 Å². The number of amides is 1. The van der Waals surface area contributed by atoms with E-state index in [9.17, 15) is 4.79 Å². The number of rotatable bonds is 6. The Morgan fingerprint density at radius 1 is 1.21 bits per heavy atom. The van der Waals surface area contributed by atoms with Crippen LogP contribution in [0.1, 0.15) is 24.2 Å². The highest BCUT2D eigenvalue weighted by molar-refractivity contribution is 6.30. The van der Waals surface area contributed by atoms with Crippen LogP contribution in [0.25, 0.3) is 0 Å². The van der Waals surface area contributed by atoms with Crippen molar-refractivity contribution in [2.75, 3.05) is 19.6 Å². The van der Waals surface area contributed by atoms with E-state index in [1.54, 1.807) is 6.26 Å². The molecule has 1 N–H and O–H groups in total. The summed E-state index contributed by atoms with van der Waals surface area (Å²) in [6, 6.07) is 11.4. The highest BCUT2D eigenvalue weighted by Crippen LogP contribution is 2.18. The van der Waals surface area contributed by atoms with Crippen LogP contribution in [0.15, 0.2) is 47.1 Å². The number of hydrogen-bond acceptors (Lipinski definition) is 3. The molecule has 0 bridgehead atoms. The van der Waals surface area contributed by atoms with E-state index in [2.05, 4.69) is 10.2 Å². The lowest BCUT2D eigenvalue weighted by atomic mass is 9.96. The lowest BCUT2D eigenvalue weighted by molar-refractivity contribution is -0.120. The molecule has 1 aliphatic heterocycles. The van der Waals surface area contributed by atoms with Gasteiger partial charge in [-0.2, -0.15) is 0 Å². The van der Waals surface area contributed by atoms with Crippen molar-refractivity contribution < 1.29 is 9.21 Å². The number of hydrogen-bond donors (Lipinski definition) is 1. The first kappa shape index (κ1) is 17.1.